The quantitative estimate of drug-likeness (QED) is 0.501. The average molecular weight is 374 g/mol. The predicted octanol–water partition coefficient (Wildman–Crippen LogP) is 3.66. The zero-order chi connectivity index (χ0) is 18.3. The Hall–Kier alpha value is -2.81. The zero-order valence-corrected chi connectivity index (χ0v) is 15.2. The molecule has 1 aliphatic heterocycles. The van der Waals surface area contributed by atoms with Crippen LogP contribution in [0.2, 0.25) is 0 Å². The summed E-state index contributed by atoms with van der Waals surface area (Å²) in [6.45, 7) is 0.705. The van der Waals surface area contributed by atoms with Gasteiger partial charge >= 0.3 is 5.82 Å². The van der Waals surface area contributed by atoms with E-state index < -0.39 is 0 Å². The van der Waals surface area contributed by atoms with Crippen molar-refractivity contribution in [2.24, 2.45) is 0 Å². The average Bonchev–Trinajstić information content (AvgIpc) is 3.35. The molecule has 0 N–H and O–H groups in total. The van der Waals surface area contributed by atoms with E-state index >= 15 is 0 Å². The van der Waals surface area contributed by atoms with Crippen LogP contribution in [0, 0.1) is 10.1 Å². The molecule has 0 spiro atoms. The standard InChI is InChI=1S/C17H18N4O4S/c1-24-11-5-6-14(25-2)12(10-11)13-4-3-7-19(13)15-16(21(22)23)20-8-9-26-17(20)18-15/h5-6,8-10,13H,3-4,7H2,1-2H3/t13-/m0/s1. The number of rotatable bonds is 5. The summed E-state index contributed by atoms with van der Waals surface area (Å²) in [4.78, 5) is 18.5. The van der Waals surface area contributed by atoms with Crippen molar-refractivity contribution in [2.75, 3.05) is 25.7 Å². The molecule has 9 heteroatoms. The third-order valence-corrected chi connectivity index (χ3v) is 5.47. The van der Waals surface area contributed by atoms with E-state index in [1.54, 1.807) is 25.8 Å². The second-order valence-electron chi connectivity index (χ2n) is 6.03. The summed E-state index contributed by atoms with van der Waals surface area (Å²) >= 11 is 1.39. The maximum Gasteiger partial charge on any atom is 0.373 e. The zero-order valence-electron chi connectivity index (χ0n) is 14.4. The van der Waals surface area contributed by atoms with Crippen molar-refractivity contribution in [2.45, 2.75) is 18.9 Å². The first kappa shape index (κ1) is 16.6. The normalized spacial score (nSPS) is 17.0. The summed E-state index contributed by atoms with van der Waals surface area (Å²) in [5, 5.41) is 13.5. The lowest BCUT2D eigenvalue weighted by atomic mass is 10.0. The maximum absolute atomic E-state index is 11.7. The molecule has 8 nitrogen and oxygen atoms in total. The lowest BCUT2D eigenvalue weighted by Gasteiger charge is -2.26. The molecule has 0 unspecified atom stereocenters. The lowest BCUT2D eigenvalue weighted by molar-refractivity contribution is -0.389. The molecule has 1 fully saturated rings. The first-order chi connectivity index (χ1) is 12.6. The number of imidazole rings is 1. The minimum absolute atomic E-state index is 0.00927. The number of methoxy groups -OCH3 is 2. The van der Waals surface area contributed by atoms with E-state index in [9.17, 15) is 10.1 Å². The summed E-state index contributed by atoms with van der Waals surface area (Å²) < 4.78 is 12.4. The van der Waals surface area contributed by atoms with Crippen molar-refractivity contribution in [1.82, 2.24) is 9.38 Å². The number of benzene rings is 1. The SMILES string of the molecule is COc1ccc(OC)c([C@@H]2CCCN2c2nc3sccn3c2[N+](=O)[O-])c1. The summed E-state index contributed by atoms with van der Waals surface area (Å²) in [6.07, 6.45) is 3.48. The molecule has 1 atom stereocenters. The van der Waals surface area contributed by atoms with Crippen LogP contribution >= 0.6 is 11.3 Å². The molecular weight excluding hydrogens is 356 g/mol. The van der Waals surface area contributed by atoms with Gasteiger partial charge in [-0.1, -0.05) is 11.3 Å². The number of nitro groups is 1. The van der Waals surface area contributed by atoms with Gasteiger partial charge in [-0.05, 0) is 36.0 Å². The van der Waals surface area contributed by atoms with Gasteiger partial charge in [-0.15, -0.1) is 0 Å². The maximum atomic E-state index is 11.7. The fourth-order valence-electron chi connectivity index (χ4n) is 3.57. The lowest BCUT2D eigenvalue weighted by Crippen LogP contribution is -2.24. The Bertz CT molecular complexity index is 967. The molecule has 0 bridgehead atoms. The van der Waals surface area contributed by atoms with Crippen molar-refractivity contribution >= 4 is 27.9 Å². The van der Waals surface area contributed by atoms with Gasteiger partial charge in [-0.3, -0.25) is 0 Å². The van der Waals surface area contributed by atoms with Crippen LogP contribution in [0.1, 0.15) is 24.4 Å². The molecule has 1 saturated heterocycles. The number of thiazole rings is 1. The molecule has 0 amide bonds. The van der Waals surface area contributed by atoms with Gasteiger partial charge in [0.15, 0.2) is 0 Å². The van der Waals surface area contributed by atoms with Gasteiger partial charge in [0.2, 0.25) is 5.82 Å². The first-order valence-corrected chi connectivity index (χ1v) is 9.10. The Kier molecular flexibility index (Phi) is 4.15. The highest BCUT2D eigenvalue weighted by Crippen LogP contribution is 2.44. The van der Waals surface area contributed by atoms with Gasteiger partial charge in [0.25, 0.3) is 4.96 Å². The molecule has 0 radical (unpaired) electrons. The molecule has 0 aliphatic carbocycles. The Balaban J connectivity index is 1.82. The number of ether oxygens (including phenoxy) is 2. The van der Waals surface area contributed by atoms with E-state index in [1.807, 2.05) is 23.1 Å². The molecule has 1 aromatic carbocycles. The molecule has 136 valence electrons. The Labute approximate surface area is 153 Å². The van der Waals surface area contributed by atoms with Gasteiger partial charge in [-0.2, -0.15) is 9.38 Å². The van der Waals surface area contributed by atoms with Gasteiger partial charge in [0, 0.05) is 17.5 Å². The number of nitrogens with zero attached hydrogens (tertiary/aromatic N) is 4. The van der Waals surface area contributed by atoms with Crippen LogP contribution < -0.4 is 14.4 Å². The van der Waals surface area contributed by atoms with Gasteiger partial charge in [-0.25, -0.2) is 0 Å². The Morgan fingerprint density at radius 1 is 1.35 bits per heavy atom. The van der Waals surface area contributed by atoms with Crippen molar-refractivity contribution < 1.29 is 14.4 Å². The van der Waals surface area contributed by atoms with Gasteiger partial charge in [0.05, 0.1) is 20.3 Å². The van der Waals surface area contributed by atoms with E-state index in [2.05, 4.69) is 4.98 Å². The van der Waals surface area contributed by atoms with Crippen molar-refractivity contribution in [3.8, 4) is 11.5 Å². The third-order valence-electron chi connectivity index (χ3n) is 4.71. The highest BCUT2D eigenvalue weighted by atomic mass is 32.1. The van der Waals surface area contributed by atoms with Crippen LogP contribution in [0.25, 0.3) is 4.96 Å². The number of fused-ring (bicyclic) bond motifs is 1. The smallest absolute Gasteiger partial charge is 0.373 e. The van der Waals surface area contributed by atoms with Crippen molar-refractivity contribution in [3.63, 3.8) is 0 Å². The highest BCUT2D eigenvalue weighted by Gasteiger charge is 2.36. The van der Waals surface area contributed by atoms with E-state index in [1.165, 1.54) is 15.7 Å². The van der Waals surface area contributed by atoms with Gasteiger partial charge in [0.1, 0.15) is 17.7 Å². The molecule has 3 aromatic rings. The summed E-state index contributed by atoms with van der Waals surface area (Å²) in [5.41, 5.74) is 0.954. The van der Waals surface area contributed by atoms with Gasteiger partial charge < -0.3 is 24.5 Å². The third kappa shape index (κ3) is 2.55. The number of hydrogen-bond donors (Lipinski definition) is 0. The van der Waals surface area contributed by atoms with Crippen LogP contribution in [-0.4, -0.2) is 35.1 Å². The van der Waals surface area contributed by atoms with Crippen LogP contribution in [-0.2, 0) is 0 Å². The number of hydrogen-bond acceptors (Lipinski definition) is 7. The fourth-order valence-corrected chi connectivity index (χ4v) is 4.27. The topological polar surface area (TPSA) is 82.1 Å². The molecular formula is C17H18N4O4S. The van der Waals surface area contributed by atoms with Crippen LogP contribution in [0.15, 0.2) is 29.8 Å². The highest BCUT2D eigenvalue weighted by molar-refractivity contribution is 7.15. The number of aromatic nitrogens is 2. The summed E-state index contributed by atoms with van der Waals surface area (Å²) in [7, 11) is 3.24. The summed E-state index contributed by atoms with van der Waals surface area (Å²) in [6, 6.07) is 5.59. The minimum atomic E-state index is -0.361. The number of anilines is 1. The van der Waals surface area contributed by atoms with Crippen LogP contribution in [0.3, 0.4) is 0 Å². The molecule has 26 heavy (non-hydrogen) atoms. The van der Waals surface area contributed by atoms with E-state index in [4.69, 9.17) is 9.47 Å². The van der Waals surface area contributed by atoms with Crippen LogP contribution in [0.4, 0.5) is 11.6 Å². The second-order valence-corrected chi connectivity index (χ2v) is 6.90. The minimum Gasteiger partial charge on any atom is -0.497 e. The predicted molar refractivity (Wildman–Crippen MR) is 98.6 cm³/mol. The first-order valence-electron chi connectivity index (χ1n) is 8.22. The molecule has 0 saturated carbocycles. The molecule has 3 heterocycles. The molecule has 4 rings (SSSR count). The monoisotopic (exact) mass is 374 g/mol. The second kappa shape index (κ2) is 6.49. The van der Waals surface area contributed by atoms with Crippen molar-refractivity contribution in [3.05, 3.63) is 45.5 Å². The fraction of sp³-hybridized carbons (Fsp3) is 0.353. The van der Waals surface area contributed by atoms with Crippen LogP contribution in [0.5, 0.6) is 11.5 Å². The Morgan fingerprint density at radius 3 is 2.92 bits per heavy atom. The van der Waals surface area contributed by atoms with E-state index in [0.29, 0.717) is 17.3 Å². The molecule has 2 aromatic heterocycles. The molecule has 1 aliphatic rings. The van der Waals surface area contributed by atoms with E-state index in [0.717, 1.165) is 29.9 Å². The largest absolute Gasteiger partial charge is 0.497 e. The van der Waals surface area contributed by atoms with Crippen molar-refractivity contribution in [1.29, 1.82) is 0 Å². The Morgan fingerprint density at radius 2 is 2.19 bits per heavy atom. The summed E-state index contributed by atoms with van der Waals surface area (Å²) in [5.74, 6) is 1.89. The van der Waals surface area contributed by atoms with E-state index in [-0.39, 0.29) is 16.8 Å².